The number of nitrogens with zero attached hydrogens (tertiary/aromatic N) is 1. The second-order valence-electron chi connectivity index (χ2n) is 5.45. The smallest absolute Gasteiger partial charge is 0.106 e. The van der Waals surface area contributed by atoms with Gasteiger partial charge in [-0.15, -0.1) is 0 Å². The molecular formula is C13H26N2O. The first-order valence-corrected chi connectivity index (χ1v) is 6.07. The van der Waals surface area contributed by atoms with E-state index in [2.05, 4.69) is 32.2 Å². The zero-order valence-electron chi connectivity index (χ0n) is 11.6. The van der Waals surface area contributed by atoms with Crippen LogP contribution in [-0.2, 0) is 4.74 Å². The summed E-state index contributed by atoms with van der Waals surface area (Å²) < 4.78 is 5.77. The van der Waals surface area contributed by atoms with Crippen LogP contribution in [0.5, 0.6) is 0 Å². The molecule has 0 spiro atoms. The number of hydrogen-bond acceptors (Lipinski definition) is 3. The molecule has 0 aliphatic heterocycles. The molecule has 0 aliphatic rings. The van der Waals surface area contributed by atoms with Crippen molar-refractivity contribution < 1.29 is 4.74 Å². The van der Waals surface area contributed by atoms with Crippen LogP contribution in [0.2, 0.25) is 0 Å². The van der Waals surface area contributed by atoms with Crippen molar-refractivity contribution in [3.63, 3.8) is 0 Å². The van der Waals surface area contributed by atoms with Crippen LogP contribution in [-0.4, -0.2) is 23.8 Å². The van der Waals surface area contributed by atoms with E-state index in [4.69, 9.17) is 10.00 Å². The number of rotatable bonds is 7. The standard InChI is InChI=1S/C13H26N2O/c1-7-12(4,5)16-9-8-13(6,10-14)15-11(2)3/h11,15H,7-9H2,1-6H3. The molecular weight excluding hydrogens is 200 g/mol. The van der Waals surface area contributed by atoms with Crippen molar-refractivity contribution >= 4 is 0 Å². The van der Waals surface area contributed by atoms with Crippen LogP contribution >= 0.6 is 0 Å². The fraction of sp³-hybridized carbons (Fsp3) is 0.923. The number of ether oxygens (including phenoxy) is 1. The summed E-state index contributed by atoms with van der Waals surface area (Å²) >= 11 is 0. The first-order valence-electron chi connectivity index (χ1n) is 6.07. The van der Waals surface area contributed by atoms with Crippen LogP contribution in [0.3, 0.4) is 0 Å². The summed E-state index contributed by atoms with van der Waals surface area (Å²) in [5.41, 5.74) is -0.577. The summed E-state index contributed by atoms with van der Waals surface area (Å²) in [6, 6.07) is 2.63. The summed E-state index contributed by atoms with van der Waals surface area (Å²) in [5, 5.41) is 12.4. The second kappa shape index (κ2) is 6.22. The SMILES string of the molecule is CCC(C)(C)OCCC(C)(C#N)NC(C)C. The third kappa shape index (κ3) is 6.09. The Morgan fingerprint density at radius 2 is 1.88 bits per heavy atom. The van der Waals surface area contributed by atoms with Crippen LogP contribution in [0.15, 0.2) is 0 Å². The van der Waals surface area contributed by atoms with E-state index >= 15 is 0 Å². The molecule has 3 nitrogen and oxygen atoms in total. The maximum absolute atomic E-state index is 9.15. The topological polar surface area (TPSA) is 45.0 Å². The van der Waals surface area contributed by atoms with Crippen LogP contribution in [0.25, 0.3) is 0 Å². The van der Waals surface area contributed by atoms with Crippen molar-refractivity contribution in [1.29, 1.82) is 5.26 Å². The van der Waals surface area contributed by atoms with Gasteiger partial charge in [0.2, 0.25) is 0 Å². The van der Waals surface area contributed by atoms with Gasteiger partial charge in [0.25, 0.3) is 0 Å². The monoisotopic (exact) mass is 226 g/mol. The van der Waals surface area contributed by atoms with Crippen molar-refractivity contribution in [3.8, 4) is 6.07 Å². The highest BCUT2D eigenvalue weighted by Gasteiger charge is 2.25. The lowest BCUT2D eigenvalue weighted by atomic mass is 9.99. The van der Waals surface area contributed by atoms with Crippen LogP contribution in [0.1, 0.15) is 54.4 Å². The first kappa shape index (κ1) is 15.4. The molecule has 0 heterocycles. The Hall–Kier alpha value is -0.590. The van der Waals surface area contributed by atoms with E-state index in [-0.39, 0.29) is 5.60 Å². The molecule has 0 saturated carbocycles. The molecule has 0 aliphatic carbocycles. The Kier molecular flexibility index (Phi) is 5.99. The van der Waals surface area contributed by atoms with Gasteiger partial charge in [-0.1, -0.05) is 6.92 Å². The lowest BCUT2D eigenvalue weighted by Crippen LogP contribution is -2.46. The van der Waals surface area contributed by atoms with Gasteiger partial charge >= 0.3 is 0 Å². The van der Waals surface area contributed by atoms with Crippen molar-refractivity contribution in [2.75, 3.05) is 6.61 Å². The highest BCUT2D eigenvalue weighted by molar-refractivity contribution is 5.04. The summed E-state index contributed by atoms with van der Waals surface area (Å²) in [4.78, 5) is 0. The van der Waals surface area contributed by atoms with Gasteiger partial charge in [-0.05, 0) is 41.0 Å². The molecule has 0 rings (SSSR count). The molecule has 94 valence electrons. The summed E-state index contributed by atoms with van der Waals surface area (Å²) in [6.45, 7) is 12.9. The normalized spacial score (nSPS) is 15.9. The maximum atomic E-state index is 9.15. The van der Waals surface area contributed by atoms with Gasteiger partial charge < -0.3 is 4.74 Å². The van der Waals surface area contributed by atoms with Gasteiger partial charge in [0.1, 0.15) is 5.54 Å². The van der Waals surface area contributed by atoms with Gasteiger partial charge in [-0.25, -0.2) is 0 Å². The molecule has 0 amide bonds. The summed E-state index contributed by atoms with van der Waals surface area (Å²) in [5.74, 6) is 0. The van der Waals surface area contributed by atoms with Crippen molar-refractivity contribution in [1.82, 2.24) is 5.32 Å². The predicted octanol–water partition coefficient (Wildman–Crippen LogP) is 2.86. The molecule has 0 bridgehead atoms. The molecule has 1 N–H and O–H groups in total. The largest absolute Gasteiger partial charge is 0.375 e. The highest BCUT2D eigenvalue weighted by Crippen LogP contribution is 2.16. The average molecular weight is 226 g/mol. The zero-order chi connectivity index (χ0) is 12.8. The van der Waals surface area contributed by atoms with Crippen molar-refractivity contribution in [2.24, 2.45) is 0 Å². The molecule has 16 heavy (non-hydrogen) atoms. The number of nitrogens with one attached hydrogen (secondary N) is 1. The van der Waals surface area contributed by atoms with E-state index in [1.165, 1.54) is 0 Å². The van der Waals surface area contributed by atoms with E-state index in [0.29, 0.717) is 19.1 Å². The van der Waals surface area contributed by atoms with Gasteiger partial charge in [0.05, 0.1) is 18.3 Å². The molecule has 1 unspecified atom stereocenters. The fourth-order valence-electron chi connectivity index (χ4n) is 1.43. The van der Waals surface area contributed by atoms with Crippen LogP contribution < -0.4 is 5.32 Å². The number of nitriles is 1. The van der Waals surface area contributed by atoms with E-state index in [1.54, 1.807) is 0 Å². The predicted molar refractivity (Wildman–Crippen MR) is 67.2 cm³/mol. The zero-order valence-corrected chi connectivity index (χ0v) is 11.6. The van der Waals surface area contributed by atoms with Gasteiger partial charge in [0.15, 0.2) is 0 Å². The van der Waals surface area contributed by atoms with Crippen molar-refractivity contribution in [3.05, 3.63) is 0 Å². The molecule has 0 saturated heterocycles. The number of hydrogen-bond donors (Lipinski definition) is 1. The van der Waals surface area contributed by atoms with E-state index in [9.17, 15) is 0 Å². The Balaban J connectivity index is 4.12. The van der Waals surface area contributed by atoms with E-state index in [0.717, 1.165) is 6.42 Å². The average Bonchev–Trinajstić information content (AvgIpc) is 2.16. The summed E-state index contributed by atoms with van der Waals surface area (Å²) in [6.07, 6.45) is 1.69. The highest BCUT2D eigenvalue weighted by atomic mass is 16.5. The minimum atomic E-state index is -0.488. The lowest BCUT2D eigenvalue weighted by Gasteiger charge is -2.29. The fourth-order valence-corrected chi connectivity index (χ4v) is 1.43. The third-order valence-corrected chi connectivity index (χ3v) is 2.80. The second-order valence-corrected chi connectivity index (χ2v) is 5.45. The third-order valence-electron chi connectivity index (χ3n) is 2.80. The Morgan fingerprint density at radius 3 is 2.25 bits per heavy atom. The Labute approximate surface area is 100 Å². The molecule has 0 fully saturated rings. The van der Waals surface area contributed by atoms with Crippen LogP contribution in [0, 0.1) is 11.3 Å². The minimum absolute atomic E-state index is 0.0891. The molecule has 0 aromatic carbocycles. The van der Waals surface area contributed by atoms with Gasteiger partial charge in [-0.3, -0.25) is 5.32 Å². The molecule has 1 atom stereocenters. The maximum Gasteiger partial charge on any atom is 0.106 e. The Morgan fingerprint density at radius 1 is 1.31 bits per heavy atom. The molecule has 0 radical (unpaired) electrons. The van der Waals surface area contributed by atoms with Gasteiger partial charge in [-0.2, -0.15) is 5.26 Å². The summed E-state index contributed by atoms with van der Waals surface area (Å²) in [7, 11) is 0. The molecule has 3 heteroatoms. The van der Waals surface area contributed by atoms with Crippen LogP contribution in [0.4, 0.5) is 0 Å². The van der Waals surface area contributed by atoms with E-state index in [1.807, 2.05) is 20.8 Å². The minimum Gasteiger partial charge on any atom is -0.375 e. The Bertz CT molecular complexity index is 243. The first-order chi connectivity index (χ1) is 7.24. The molecule has 0 aromatic heterocycles. The molecule has 0 aromatic rings. The van der Waals surface area contributed by atoms with Crippen molar-refractivity contribution in [2.45, 2.75) is 71.6 Å². The van der Waals surface area contributed by atoms with Gasteiger partial charge in [0, 0.05) is 12.5 Å². The van der Waals surface area contributed by atoms with E-state index < -0.39 is 5.54 Å². The quantitative estimate of drug-likeness (QED) is 0.726. The lowest BCUT2D eigenvalue weighted by molar-refractivity contribution is -0.0261.